The summed E-state index contributed by atoms with van der Waals surface area (Å²) in [6.07, 6.45) is -0.528. The minimum absolute atomic E-state index is 0.0640. The van der Waals surface area contributed by atoms with Gasteiger partial charge in [-0.15, -0.1) is 0 Å². The lowest BCUT2D eigenvalue weighted by atomic mass is 10.0. The number of amides is 1. The highest BCUT2D eigenvalue weighted by atomic mass is 16.6. The van der Waals surface area contributed by atoms with E-state index in [1.807, 2.05) is 6.07 Å². The third-order valence-corrected chi connectivity index (χ3v) is 2.61. The Hall–Kier alpha value is -1.70. The van der Waals surface area contributed by atoms with E-state index in [9.17, 15) is 9.90 Å². The zero-order valence-electron chi connectivity index (χ0n) is 10.9. The Morgan fingerprint density at radius 3 is 2.41 bits per heavy atom. The summed E-state index contributed by atoms with van der Waals surface area (Å²) in [4.78, 5) is 13.3. The van der Waals surface area contributed by atoms with Crippen LogP contribution in [0, 0.1) is 11.3 Å². The monoisotopic (exact) mass is 238 g/mol. The van der Waals surface area contributed by atoms with E-state index in [4.69, 9.17) is 10.00 Å². The number of hydrogen-bond acceptors (Lipinski definition) is 4. The van der Waals surface area contributed by atoms with E-state index in [1.54, 1.807) is 34.6 Å². The fourth-order valence-electron chi connectivity index (χ4n) is 1.63. The van der Waals surface area contributed by atoms with Crippen LogP contribution in [0.1, 0.15) is 34.6 Å². The zero-order valence-corrected chi connectivity index (χ0v) is 10.9. The number of carbonyl (C=O) groups is 1. The first-order chi connectivity index (χ1) is 7.59. The van der Waals surface area contributed by atoms with Crippen LogP contribution in [0.2, 0.25) is 0 Å². The minimum Gasteiger partial charge on any atom is -0.509 e. The van der Waals surface area contributed by atoms with E-state index < -0.39 is 17.2 Å². The molecule has 17 heavy (non-hydrogen) atoms. The smallest absolute Gasteiger partial charge is 0.411 e. The Kier molecular flexibility index (Phi) is 3.11. The summed E-state index contributed by atoms with van der Waals surface area (Å²) in [5.74, 6) is -0.0640. The van der Waals surface area contributed by atoms with Crippen LogP contribution >= 0.6 is 0 Å². The Morgan fingerprint density at radius 1 is 1.53 bits per heavy atom. The van der Waals surface area contributed by atoms with E-state index in [0.29, 0.717) is 0 Å². The number of aliphatic hydroxyl groups is 1. The summed E-state index contributed by atoms with van der Waals surface area (Å²) in [5, 5.41) is 18.7. The number of nitrogens with zero attached hydrogens (tertiary/aromatic N) is 2. The molecule has 0 radical (unpaired) electrons. The molecule has 1 rings (SSSR count). The molecule has 0 unspecified atom stereocenters. The molecule has 0 saturated carbocycles. The molecule has 0 aliphatic carbocycles. The minimum atomic E-state index is -0.895. The molecular formula is C12H18N2O3. The Balaban J connectivity index is 2.92. The maximum absolute atomic E-state index is 11.9. The molecular weight excluding hydrogens is 220 g/mol. The molecule has 0 aromatic rings. The molecule has 94 valence electrons. The van der Waals surface area contributed by atoms with Gasteiger partial charge in [0.25, 0.3) is 0 Å². The van der Waals surface area contributed by atoms with Crippen molar-refractivity contribution in [2.24, 2.45) is 0 Å². The van der Waals surface area contributed by atoms with Gasteiger partial charge < -0.3 is 9.84 Å². The zero-order chi connectivity index (χ0) is 13.4. The molecule has 5 heteroatoms. The van der Waals surface area contributed by atoms with Gasteiger partial charge in [-0.3, -0.25) is 4.90 Å². The molecule has 1 heterocycles. The lowest BCUT2D eigenvalue weighted by molar-refractivity contribution is 0.0113. The second kappa shape index (κ2) is 3.95. The molecule has 0 aromatic heterocycles. The number of hydrogen-bond donors (Lipinski definition) is 1. The lowest BCUT2D eigenvalue weighted by Crippen LogP contribution is -2.47. The predicted octanol–water partition coefficient (Wildman–Crippen LogP) is 2.35. The largest absolute Gasteiger partial charge is 0.509 e. The summed E-state index contributed by atoms with van der Waals surface area (Å²) in [6.45, 7) is 8.75. The van der Waals surface area contributed by atoms with Gasteiger partial charge in [-0.1, -0.05) is 0 Å². The average molecular weight is 238 g/mol. The normalized spacial score (nSPS) is 19.2. The second-order valence-electron chi connectivity index (χ2n) is 5.56. The van der Waals surface area contributed by atoms with Crippen molar-refractivity contribution in [2.45, 2.75) is 45.8 Å². The molecule has 0 saturated heterocycles. The fourth-order valence-corrected chi connectivity index (χ4v) is 1.63. The van der Waals surface area contributed by atoms with Gasteiger partial charge in [0.2, 0.25) is 0 Å². The first-order valence-electron chi connectivity index (χ1n) is 5.43. The highest BCUT2D eigenvalue weighted by Crippen LogP contribution is 2.33. The van der Waals surface area contributed by atoms with Crippen LogP contribution in [0.25, 0.3) is 0 Å². The Morgan fingerprint density at radius 2 is 2.06 bits per heavy atom. The van der Waals surface area contributed by atoms with E-state index in [1.165, 1.54) is 4.90 Å². The molecule has 1 aliphatic rings. The molecule has 5 nitrogen and oxygen atoms in total. The summed E-state index contributed by atoms with van der Waals surface area (Å²) in [6, 6.07) is 1.90. The van der Waals surface area contributed by atoms with E-state index in [2.05, 4.69) is 0 Å². The molecule has 0 bridgehead atoms. The van der Waals surface area contributed by atoms with Gasteiger partial charge in [0.05, 0.1) is 17.7 Å². The second-order valence-corrected chi connectivity index (χ2v) is 5.56. The van der Waals surface area contributed by atoms with Crippen molar-refractivity contribution >= 4 is 6.09 Å². The average Bonchev–Trinajstić information content (AvgIpc) is 2.36. The Labute approximate surface area is 101 Å². The number of rotatable bonds is 0. The van der Waals surface area contributed by atoms with Crippen LogP contribution < -0.4 is 0 Å². The molecule has 1 aliphatic heterocycles. The summed E-state index contributed by atoms with van der Waals surface area (Å²) in [7, 11) is 0. The molecule has 1 amide bonds. The molecule has 1 N–H and O–H groups in total. The molecule has 0 aromatic carbocycles. The molecule has 0 fully saturated rings. The number of carbonyl (C=O) groups excluding carboxylic acids is 1. The number of ether oxygens (including phenoxy) is 1. The van der Waals surface area contributed by atoms with Crippen molar-refractivity contribution in [1.82, 2.24) is 4.90 Å². The van der Waals surface area contributed by atoms with Gasteiger partial charge in [0, 0.05) is 0 Å². The Bertz CT molecular complexity index is 410. The van der Waals surface area contributed by atoms with Crippen molar-refractivity contribution < 1.29 is 14.6 Å². The highest BCUT2D eigenvalue weighted by molar-refractivity contribution is 5.72. The number of aliphatic hydroxyl groups excluding tert-OH is 1. The summed E-state index contributed by atoms with van der Waals surface area (Å²) >= 11 is 0. The van der Waals surface area contributed by atoms with Crippen LogP contribution in [0.5, 0.6) is 0 Å². The van der Waals surface area contributed by atoms with Crippen LogP contribution in [-0.2, 0) is 4.74 Å². The summed E-state index contributed by atoms with van der Waals surface area (Å²) < 4.78 is 5.24. The fraction of sp³-hybridized carbons (Fsp3) is 0.667. The van der Waals surface area contributed by atoms with Gasteiger partial charge in [0.15, 0.2) is 0 Å². The maximum atomic E-state index is 11.9. The standard InChI is InChI=1S/C12H18N2O3/c1-11(2,3)17-10(16)14-7-8(6-13)9(15)12(14,4)5/h15H,7H2,1-5H3. The highest BCUT2D eigenvalue weighted by Gasteiger charge is 2.44. The van der Waals surface area contributed by atoms with Crippen LogP contribution in [0.4, 0.5) is 4.79 Å². The molecule has 0 spiro atoms. The van der Waals surface area contributed by atoms with Crippen LogP contribution in [0.15, 0.2) is 11.3 Å². The first kappa shape index (κ1) is 13.4. The quantitative estimate of drug-likeness (QED) is 0.703. The third-order valence-electron chi connectivity index (χ3n) is 2.61. The van der Waals surface area contributed by atoms with Gasteiger partial charge in [-0.05, 0) is 34.6 Å². The van der Waals surface area contributed by atoms with Crippen molar-refractivity contribution in [3.05, 3.63) is 11.3 Å². The van der Waals surface area contributed by atoms with Gasteiger partial charge in [-0.25, -0.2) is 4.79 Å². The first-order valence-corrected chi connectivity index (χ1v) is 5.43. The van der Waals surface area contributed by atoms with Gasteiger partial charge >= 0.3 is 6.09 Å². The van der Waals surface area contributed by atoms with E-state index in [0.717, 1.165) is 0 Å². The van der Waals surface area contributed by atoms with Crippen LogP contribution in [0.3, 0.4) is 0 Å². The van der Waals surface area contributed by atoms with Crippen molar-refractivity contribution in [3.63, 3.8) is 0 Å². The van der Waals surface area contributed by atoms with Gasteiger partial charge in [0.1, 0.15) is 17.4 Å². The van der Waals surface area contributed by atoms with Crippen molar-refractivity contribution in [3.8, 4) is 6.07 Å². The summed E-state index contributed by atoms with van der Waals surface area (Å²) in [5.41, 5.74) is -1.29. The third kappa shape index (κ3) is 2.52. The van der Waals surface area contributed by atoms with E-state index in [-0.39, 0.29) is 17.9 Å². The van der Waals surface area contributed by atoms with Gasteiger partial charge in [-0.2, -0.15) is 5.26 Å². The van der Waals surface area contributed by atoms with Crippen LogP contribution in [-0.4, -0.2) is 33.8 Å². The van der Waals surface area contributed by atoms with Crippen molar-refractivity contribution in [1.29, 1.82) is 5.26 Å². The SMILES string of the molecule is CC(C)(C)OC(=O)N1CC(C#N)=C(O)C1(C)C. The predicted molar refractivity (Wildman–Crippen MR) is 62.3 cm³/mol. The number of nitriles is 1. The lowest BCUT2D eigenvalue weighted by Gasteiger charge is -2.33. The molecule has 0 atom stereocenters. The van der Waals surface area contributed by atoms with Crippen molar-refractivity contribution in [2.75, 3.05) is 6.54 Å². The van der Waals surface area contributed by atoms with E-state index >= 15 is 0 Å². The maximum Gasteiger partial charge on any atom is 0.411 e. The topological polar surface area (TPSA) is 73.6 Å².